The third-order valence-electron chi connectivity index (χ3n) is 1.53. The number of rotatable bonds is 2. The molecule has 1 aromatic rings. The van der Waals surface area contributed by atoms with Gasteiger partial charge in [-0.25, -0.2) is 4.39 Å². The Hall–Kier alpha value is -0.410. The molecule has 0 aliphatic rings. The lowest BCUT2D eigenvalue weighted by atomic mass is 10.1. The zero-order valence-electron chi connectivity index (χ0n) is 6.72. The Bertz CT molecular complexity index is 273. The summed E-state index contributed by atoms with van der Waals surface area (Å²) >= 11 is 3.16. The second-order valence-electron chi connectivity index (χ2n) is 2.79. The highest BCUT2D eigenvalue weighted by molar-refractivity contribution is 9.10. The van der Waals surface area contributed by atoms with E-state index in [1.54, 1.807) is 19.1 Å². The topological polar surface area (TPSA) is 20.2 Å². The van der Waals surface area contributed by atoms with Crippen LogP contribution >= 0.6 is 15.9 Å². The molecule has 0 radical (unpaired) electrons. The predicted molar refractivity (Wildman–Crippen MR) is 49.5 cm³/mol. The molecule has 1 nitrogen and oxygen atoms in total. The van der Waals surface area contributed by atoms with Crippen LogP contribution in [0.1, 0.15) is 12.5 Å². The van der Waals surface area contributed by atoms with Crippen LogP contribution in [0.2, 0.25) is 0 Å². The Balaban J connectivity index is 2.86. The Morgan fingerprint density at radius 2 is 2.25 bits per heavy atom. The molecule has 0 spiro atoms. The average molecular weight is 233 g/mol. The summed E-state index contributed by atoms with van der Waals surface area (Å²) in [6, 6.07) is 4.84. The first-order valence-corrected chi connectivity index (χ1v) is 4.51. The van der Waals surface area contributed by atoms with Gasteiger partial charge in [-0.1, -0.05) is 22.0 Å². The summed E-state index contributed by atoms with van der Waals surface area (Å²) in [5.74, 6) is -0.273. The Kier molecular flexibility index (Phi) is 3.23. The summed E-state index contributed by atoms with van der Waals surface area (Å²) < 4.78 is 13.8. The molecule has 0 amide bonds. The Morgan fingerprint density at radius 1 is 1.58 bits per heavy atom. The van der Waals surface area contributed by atoms with Gasteiger partial charge in [0.2, 0.25) is 0 Å². The first-order valence-electron chi connectivity index (χ1n) is 3.71. The lowest BCUT2D eigenvalue weighted by molar-refractivity contribution is 0.194. The van der Waals surface area contributed by atoms with E-state index >= 15 is 0 Å². The van der Waals surface area contributed by atoms with Crippen LogP contribution in [0.4, 0.5) is 4.39 Å². The minimum Gasteiger partial charge on any atom is -0.393 e. The molecule has 66 valence electrons. The number of aliphatic hydroxyl groups excluding tert-OH is 1. The van der Waals surface area contributed by atoms with Crippen molar-refractivity contribution in [2.24, 2.45) is 0 Å². The van der Waals surface area contributed by atoms with Crippen molar-refractivity contribution in [2.75, 3.05) is 0 Å². The average Bonchev–Trinajstić information content (AvgIpc) is 1.94. The van der Waals surface area contributed by atoms with Crippen LogP contribution in [0.15, 0.2) is 22.7 Å². The van der Waals surface area contributed by atoms with Gasteiger partial charge in [-0.05, 0) is 24.6 Å². The van der Waals surface area contributed by atoms with Crippen LogP contribution in [0.3, 0.4) is 0 Å². The van der Waals surface area contributed by atoms with Gasteiger partial charge in [0.25, 0.3) is 0 Å². The quantitative estimate of drug-likeness (QED) is 0.832. The number of hydrogen-bond acceptors (Lipinski definition) is 1. The molecular weight excluding hydrogens is 223 g/mol. The third-order valence-corrected chi connectivity index (χ3v) is 2.02. The van der Waals surface area contributed by atoms with Gasteiger partial charge in [0, 0.05) is 10.9 Å². The van der Waals surface area contributed by atoms with E-state index in [4.69, 9.17) is 5.11 Å². The van der Waals surface area contributed by atoms with Gasteiger partial charge in [0.05, 0.1) is 6.10 Å². The van der Waals surface area contributed by atoms with Crippen LogP contribution in [0, 0.1) is 5.82 Å². The van der Waals surface area contributed by atoms with Crippen LogP contribution in [-0.2, 0) is 6.42 Å². The second kappa shape index (κ2) is 4.01. The molecule has 1 unspecified atom stereocenters. The van der Waals surface area contributed by atoms with Crippen LogP contribution in [0.25, 0.3) is 0 Å². The summed E-state index contributed by atoms with van der Waals surface area (Å²) in [4.78, 5) is 0. The molecule has 0 aromatic heterocycles. The van der Waals surface area contributed by atoms with Crippen molar-refractivity contribution in [1.82, 2.24) is 0 Å². The molecule has 1 rings (SSSR count). The van der Waals surface area contributed by atoms with E-state index in [-0.39, 0.29) is 5.82 Å². The molecule has 12 heavy (non-hydrogen) atoms. The minimum atomic E-state index is -0.499. The lowest BCUT2D eigenvalue weighted by Crippen LogP contribution is -2.05. The van der Waals surface area contributed by atoms with Crippen molar-refractivity contribution < 1.29 is 9.50 Å². The number of hydrogen-bond donors (Lipinski definition) is 1. The molecule has 1 N–H and O–H groups in total. The van der Waals surface area contributed by atoms with Crippen molar-refractivity contribution in [3.63, 3.8) is 0 Å². The molecule has 0 bridgehead atoms. The third kappa shape index (κ3) is 2.57. The highest BCUT2D eigenvalue weighted by atomic mass is 79.9. The molecule has 0 fully saturated rings. The van der Waals surface area contributed by atoms with Gasteiger partial charge in [0.15, 0.2) is 0 Å². The van der Waals surface area contributed by atoms with Crippen molar-refractivity contribution in [1.29, 1.82) is 0 Å². The smallest absolute Gasteiger partial charge is 0.127 e. The first-order chi connectivity index (χ1) is 5.59. The van der Waals surface area contributed by atoms with E-state index in [1.165, 1.54) is 6.07 Å². The van der Waals surface area contributed by atoms with Crippen molar-refractivity contribution >= 4 is 15.9 Å². The van der Waals surface area contributed by atoms with E-state index < -0.39 is 6.10 Å². The fourth-order valence-corrected chi connectivity index (χ4v) is 1.34. The maximum absolute atomic E-state index is 13.1. The van der Waals surface area contributed by atoms with E-state index in [0.29, 0.717) is 16.5 Å². The maximum atomic E-state index is 13.1. The minimum absolute atomic E-state index is 0.273. The summed E-state index contributed by atoms with van der Waals surface area (Å²) in [5, 5.41) is 9.02. The molecule has 0 heterocycles. The Morgan fingerprint density at radius 3 is 2.75 bits per heavy atom. The van der Waals surface area contributed by atoms with Gasteiger partial charge < -0.3 is 5.11 Å². The largest absolute Gasteiger partial charge is 0.393 e. The molecular formula is C9H10BrFO. The van der Waals surface area contributed by atoms with Crippen LogP contribution in [-0.4, -0.2) is 11.2 Å². The van der Waals surface area contributed by atoms with Crippen molar-refractivity contribution in [3.05, 3.63) is 34.1 Å². The summed E-state index contributed by atoms with van der Waals surface area (Å²) in [5.41, 5.74) is 0.549. The van der Waals surface area contributed by atoms with Crippen molar-refractivity contribution in [3.8, 4) is 0 Å². The van der Waals surface area contributed by atoms with E-state index in [0.717, 1.165) is 0 Å². The number of benzene rings is 1. The fraction of sp³-hybridized carbons (Fsp3) is 0.333. The first kappa shape index (κ1) is 9.68. The van der Waals surface area contributed by atoms with Gasteiger partial charge >= 0.3 is 0 Å². The molecule has 3 heteroatoms. The van der Waals surface area contributed by atoms with Crippen LogP contribution in [0.5, 0.6) is 0 Å². The van der Waals surface area contributed by atoms with E-state index in [1.807, 2.05) is 0 Å². The molecule has 0 saturated heterocycles. The molecule has 1 atom stereocenters. The fourth-order valence-electron chi connectivity index (χ4n) is 1.01. The summed E-state index contributed by atoms with van der Waals surface area (Å²) in [7, 11) is 0. The maximum Gasteiger partial charge on any atom is 0.127 e. The standard InChI is InChI=1S/C9H10BrFO/c1-6(12)4-7-2-3-8(10)5-9(7)11/h2-3,5-6,12H,4H2,1H3. The Labute approximate surface area is 79.4 Å². The van der Waals surface area contributed by atoms with Gasteiger partial charge in [-0.2, -0.15) is 0 Å². The van der Waals surface area contributed by atoms with E-state index in [2.05, 4.69) is 15.9 Å². The summed E-state index contributed by atoms with van der Waals surface area (Å²) in [6.45, 7) is 1.64. The zero-order chi connectivity index (χ0) is 9.14. The summed E-state index contributed by atoms with van der Waals surface area (Å²) in [6.07, 6.45) is -0.139. The predicted octanol–water partition coefficient (Wildman–Crippen LogP) is 2.51. The molecule has 0 aliphatic heterocycles. The van der Waals surface area contributed by atoms with Crippen LogP contribution < -0.4 is 0 Å². The van der Waals surface area contributed by atoms with Crippen molar-refractivity contribution in [2.45, 2.75) is 19.4 Å². The molecule has 1 aromatic carbocycles. The van der Waals surface area contributed by atoms with Gasteiger partial charge in [-0.15, -0.1) is 0 Å². The SMILES string of the molecule is CC(O)Cc1ccc(Br)cc1F. The van der Waals surface area contributed by atoms with Gasteiger partial charge in [0.1, 0.15) is 5.82 Å². The zero-order valence-corrected chi connectivity index (χ0v) is 8.31. The monoisotopic (exact) mass is 232 g/mol. The molecule has 0 saturated carbocycles. The second-order valence-corrected chi connectivity index (χ2v) is 3.70. The number of aliphatic hydroxyl groups is 1. The number of halogens is 2. The molecule has 0 aliphatic carbocycles. The highest BCUT2D eigenvalue weighted by Gasteiger charge is 2.05. The van der Waals surface area contributed by atoms with E-state index in [9.17, 15) is 4.39 Å². The normalized spacial score (nSPS) is 13.0. The lowest BCUT2D eigenvalue weighted by Gasteiger charge is -2.05. The highest BCUT2D eigenvalue weighted by Crippen LogP contribution is 2.16. The van der Waals surface area contributed by atoms with Gasteiger partial charge in [-0.3, -0.25) is 0 Å².